The first-order valence-electron chi connectivity index (χ1n) is 7.27. The zero-order valence-electron chi connectivity index (χ0n) is 12.8. The molecular weight excluding hydrogens is 268 g/mol. The molecule has 1 unspecified atom stereocenters. The monoisotopic (exact) mass is 290 g/mol. The third-order valence-electron chi connectivity index (χ3n) is 3.61. The largest absolute Gasteiger partial charge is 0.444 e. The SMILES string of the molecule is CC(C)c1ccc(NC(=O)CCC2CN(C)C(=O)O2)cc1. The van der Waals surface area contributed by atoms with E-state index in [0.717, 1.165) is 5.69 Å². The maximum absolute atomic E-state index is 11.9. The van der Waals surface area contributed by atoms with Gasteiger partial charge in [0.1, 0.15) is 6.10 Å². The number of hydrogen-bond donors (Lipinski definition) is 1. The van der Waals surface area contributed by atoms with Crippen molar-refractivity contribution in [2.24, 2.45) is 0 Å². The summed E-state index contributed by atoms with van der Waals surface area (Å²) >= 11 is 0. The van der Waals surface area contributed by atoms with E-state index in [1.807, 2.05) is 24.3 Å². The molecule has 114 valence electrons. The zero-order valence-corrected chi connectivity index (χ0v) is 12.8. The van der Waals surface area contributed by atoms with E-state index in [2.05, 4.69) is 19.2 Å². The lowest BCUT2D eigenvalue weighted by Crippen LogP contribution is -2.20. The van der Waals surface area contributed by atoms with Crippen LogP contribution in [0, 0.1) is 0 Å². The Labute approximate surface area is 125 Å². The van der Waals surface area contributed by atoms with Gasteiger partial charge in [-0.2, -0.15) is 0 Å². The van der Waals surface area contributed by atoms with Crippen molar-refractivity contribution in [1.82, 2.24) is 4.90 Å². The van der Waals surface area contributed by atoms with E-state index < -0.39 is 0 Å². The van der Waals surface area contributed by atoms with Crippen LogP contribution in [-0.2, 0) is 9.53 Å². The highest BCUT2D eigenvalue weighted by molar-refractivity contribution is 5.90. The summed E-state index contributed by atoms with van der Waals surface area (Å²) in [6, 6.07) is 7.87. The van der Waals surface area contributed by atoms with E-state index in [0.29, 0.717) is 25.3 Å². The second-order valence-electron chi connectivity index (χ2n) is 5.75. The minimum Gasteiger partial charge on any atom is -0.444 e. The Morgan fingerprint density at radius 2 is 2.05 bits per heavy atom. The molecule has 1 aromatic rings. The van der Waals surface area contributed by atoms with Crippen LogP contribution in [0.1, 0.15) is 38.2 Å². The second kappa shape index (κ2) is 6.61. The van der Waals surface area contributed by atoms with Crippen LogP contribution in [0.25, 0.3) is 0 Å². The van der Waals surface area contributed by atoms with Gasteiger partial charge in [0.15, 0.2) is 0 Å². The van der Waals surface area contributed by atoms with Gasteiger partial charge >= 0.3 is 6.09 Å². The first kappa shape index (κ1) is 15.4. The summed E-state index contributed by atoms with van der Waals surface area (Å²) in [6.07, 6.45) is 0.394. The van der Waals surface area contributed by atoms with Crippen LogP contribution in [0.5, 0.6) is 0 Å². The number of carbonyl (C=O) groups is 2. The summed E-state index contributed by atoms with van der Waals surface area (Å²) in [4.78, 5) is 24.6. The highest BCUT2D eigenvalue weighted by atomic mass is 16.6. The number of nitrogens with zero attached hydrogens (tertiary/aromatic N) is 1. The lowest BCUT2D eigenvalue weighted by atomic mass is 10.0. The van der Waals surface area contributed by atoms with Gasteiger partial charge in [0, 0.05) is 19.2 Å². The van der Waals surface area contributed by atoms with E-state index >= 15 is 0 Å². The van der Waals surface area contributed by atoms with Crippen molar-refractivity contribution in [1.29, 1.82) is 0 Å². The number of benzene rings is 1. The smallest absolute Gasteiger partial charge is 0.409 e. The second-order valence-corrected chi connectivity index (χ2v) is 5.75. The van der Waals surface area contributed by atoms with Gasteiger partial charge < -0.3 is 15.0 Å². The van der Waals surface area contributed by atoms with Crippen LogP contribution in [0.3, 0.4) is 0 Å². The summed E-state index contributed by atoms with van der Waals surface area (Å²) in [5.74, 6) is 0.418. The predicted molar refractivity (Wildman–Crippen MR) is 81.3 cm³/mol. The molecule has 2 rings (SSSR count). The van der Waals surface area contributed by atoms with Crippen molar-refractivity contribution in [3.8, 4) is 0 Å². The highest BCUT2D eigenvalue weighted by Gasteiger charge is 2.28. The molecule has 0 spiro atoms. The van der Waals surface area contributed by atoms with Gasteiger partial charge in [-0.3, -0.25) is 4.79 Å². The van der Waals surface area contributed by atoms with Crippen LogP contribution in [0.4, 0.5) is 10.5 Å². The number of hydrogen-bond acceptors (Lipinski definition) is 3. The Morgan fingerprint density at radius 1 is 1.38 bits per heavy atom. The first-order valence-corrected chi connectivity index (χ1v) is 7.27. The van der Waals surface area contributed by atoms with Gasteiger partial charge in [-0.15, -0.1) is 0 Å². The molecule has 21 heavy (non-hydrogen) atoms. The van der Waals surface area contributed by atoms with Crippen LogP contribution < -0.4 is 5.32 Å². The molecule has 0 saturated carbocycles. The van der Waals surface area contributed by atoms with E-state index in [4.69, 9.17) is 4.74 Å². The molecule has 1 atom stereocenters. The average Bonchev–Trinajstić information content (AvgIpc) is 2.76. The number of ether oxygens (including phenoxy) is 1. The number of carbonyl (C=O) groups excluding carboxylic acids is 2. The Morgan fingerprint density at radius 3 is 2.57 bits per heavy atom. The van der Waals surface area contributed by atoms with Crippen molar-refractivity contribution in [3.63, 3.8) is 0 Å². The summed E-state index contributed by atoms with van der Waals surface area (Å²) in [5.41, 5.74) is 2.04. The maximum Gasteiger partial charge on any atom is 0.409 e. The van der Waals surface area contributed by atoms with Gasteiger partial charge in [-0.1, -0.05) is 26.0 Å². The Hall–Kier alpha value is -2.04. The molecule has 0 bridgehead atoms. The minimum atomic E-state index is -0.315. The number of nitrogens with one attached hydrogen (secondary N) is 1. The number of cyclic esters (lactones) is 1. The molecule has 1 aliphatic rings. The van der Waals surface area contributed by atoms with Gasteiger partial charge in [0.05, 0.1) is 6.54 Å². The number of likely N-dealkylation sites (N-methyl/N-ethyl adjacent to an activating group) is 1. The normalized spacial score (nSPS) is 18.0. The van der Waals surface area contributed by atoms with Crippen molar-refractivity contribution in [3.05, 3.63) is 29.8 Å². The standard InChI is InChI=1S/C16H22N2O3/c1-11(2)12-4-6-13(7-5-12)17-15(19)9-8-14-10-18(3)16(20)21-14/h4-7,11,14H,8-10H2,1-3H3,(H,17,19). The summed E-state index contributed by atoms with van der Waals surface area (Å²) in [7, 11) is 1.69. The first-order chi connectivity index (χ1) is 9.95. The molecular formula is C16H22N2O3. The van der Waals surface area contributed by atoms with E-state index in [1.54, 1.807) is 7.05 Å². The molecule has 1 saturated heterocycles. The third-order valence-corrected chi connectivity index (χ3v) is 3.61. The lowest BCUT2D eigenvalue weighted by molar-refractivity contribution is -0.116. The molecule has 2 amide bonds. The molecule has 0 radical (unpaired) electrons. The molecule has 0 aromatic heterocycles. The van der Waals surface area contributed by atoms with E-state index in [1.165, 1.54) is 10.5 Å². The zero-order chi connectivity index (χ0) is 15.4. The molecule has 0 aliphatic carbocycles. The average molecular weight is 290 g/mol. The van der Waals surface area contributed by atoms with Crippen molar-refractivity contribution in [2.45, 2.75) is 38.7 Å². The Bertz CT molecular complexity index is 511. The van der Waals surface area contributed by atoms with E-state index in [9.17, 15) is 9.59 Å². The van der Waals surface area contributed by atoms with Gasteiger partial charge in [0.2, 0.25) is 5.91 Å². The summed E-state index contributed by atoms with van der Waals surface area (Å²) in [5, 5.41) is 2.86. The minimum absolute atomic E-state index is 0.0575. The quantitative estimate of drug-likeness (QED) is 0.907. The summed E-state index contributed by atoms with van der Waals surface area (Å²) < 4.78 is 5.12. The molecule has 1 aliphatic heterocycles. The fraction of sp³-hybridized carbons (Fsp3) is 0.500. The fourth-order valence-electron chi connectivity index (χ4n) is 2.27. The van der Waals surface area contributed by atoms with Gasteiger partial charge in [-0.05, 0) is 30.0 Å². The van der Waals surface area contributed by atoms with Crippen molar-refractivity contribution >= 4 is 17.7 Å². The molecule has 1 aromatic carbocycles. The van der Waals surface area contributed by atoms with Crippen LogP contribution >= 0.6 is 0 Å². The Balaban J connectivity index is 1.78. The highest BCUT2D eigenvalue weighted by Crippen LogP contribution is 2.18. The lowest BCUT2D eigenvalue weighted by Gasteiger charge is -2.10. The molecule has 1 fully saturated rings. The molecule has 1 N–H and O–H groups in total. The van der Waals surface area contributed by atoms with Gasteiger partial charge in [-0.25, -0.2) is 4.79 Å². The predicted octanol–water partition coefficient (Wildman–Crippen LogP) is 2.98. The fourth-order valence-corrected chi connectivity index (χ4v) is 2.27. The number of amides is 2. The van der Waals surface area contributed by atoms with Crippen molar-refractivity contribution in [2.75, 3.05) is 18.9 Å². The third kappa shape index (κ3) is 4.21. The van der Waals surface area contributed by atoms with Crippen LogP contribution in [0.2, 0.25) is 0 Å². The van der Waals surface area contributed by atoms with Gasteiger partial charge in [0.25, 0.3) is 0 Å². The van der Waals surface area contributed by atoms with Crippen LogP contribution in [0.15, 0.2) is 24.3 Å². The molecule has 1 heterocycles. The Kier molecular flexibility index (Phi) is 4.83. The van der Waals surface area contributed by atoms with Crippen LogP contribution in [-0.4, -0.2) is 36.6 Å². The van der Waals surface area contributed by atoms with Crippen molar-refractivity contribution < 1.29 is 14.3 Å². The molecule has 5 heteroatoms. The topological polar surface area (TPSA) is 58.6 Å². The number of rotatable bonds is 5. The maximum atomic E-state index is 11.9. The summed E-state index contributed by atoms with van der Waals surface area (Å²) in [6.45, 7) is 4.82. The van der Waals surface area contributed by atoms with E-state index in [-0.39, 0.29) is 18.1 Å². The molecule has 5 nitrogen and oxygen atoms in total. The number of anilines is 1.